The van der Waals surface area contributed by atoms with Gasteiger partial charge in [-0.3, -0.25) is 24.1 Å². The summed E-state index contributed by atoms with van der Waals surface area (Å²) < 4.78 is 52.5. The van der Waals surface area contributed by atoms with Crippen molar-refractivity contribution in [3.05, 3.63) is 102 Å². The molecule has 4 aromatic rings. The summed E-state index contributed by atoms with van der Waals surface area (Å²) in [6.45, 7) is 1.31. The summed E-state index contributed by atoms with van der Waals surface area (Å²) in [5.74, 6) is -3.82. The lowest BCUT2D eigenvalue weighted by molar-refractivity contribution is -0.137. The van der Waals surface area contributed by atoms with Crippen molar-refractivity contribution in [2.24, 2.45) is 29.6 Å². The standard InChI is InChI=1S/C37H29BrF3N3O7S2/c1-2-50-35(48)16-7-10-18(11-8-16)44-33(46)28-20-14-21(29(28)34(44)47)30-27(20)26(31-32(52-30)43-36(49)53-31)19-13-17(38)9-12-24(19)51-15-25(45)42-23-6-4-3-5-22(23)37(39,40)41/h3-13,20-21,26-30H,2,14-15H2,1H3,(H,42,45)(H,43,49)/t20-,21-,26-,27?,28?,29?,30?/m1/s1. The second kappa shape index (κ2) is 13.5. The van der Waals surface area contributed by atoms with E-state index >= 15 is 0 Å². The Morgan fingerprint density at radius 1 is 1.00 bits per heavy atom. The fourth-order valence-corrected chi connectivity index (χ4v) is 11.9. The number of aromatic nitrogens is 1. The van der Waals surface area contributed by atoms with E-state index in [0.29, 0.717) is 38.5 Å². The monoisotopic (exact) mass is 827 g/mol. The Kier molecular flexibility index (Phi) is 9.05. The summed E-state index contributed by atoms with van der Waals surface area (Å²) in [5, 5.41) is 2.84. The predicted octanol–water partition coefficient (Wildman–Crippen LogP) is 7.09. The van der Waals surface area contributed by atoms with Crippen LogP contribution in [0.15, 0.2) is 81.0 Å². The van der Waals surface area contributed by atoms with Crippen molar-refractivity contribution in [1.29, 1.82) is 0 Å². The van der Waals surface area contributed by atoms with E-state index in [-0.39, 0.29) is 46.3 Å². The Morgan fingerprint density at radius 3 is 2.43 bits per heavy atom. The molecule has 2 N–H and O–H groups in total. The van der Waals surface area contributed by atoms with E-state index in [1.807, 2.05) is 6.07 Å². The van der Waals surface area contributed by atoms with Gasteiger partial charge in [0.1, 0.15) is 5.75 Å². The molecular weight excluding hydrogens is 799 g/mol. The van der Waals surface area contributed by atoms with Gasteiger partial charge in [-0.05, 0) is 85.7 Å². The highest BCUT2D eigenvalue weighted by atomic mass is 79.9. The molecule has 4 unspecified atom stereocenters. The predicted molar refractivity (Wildman–Crippen MR) is 193 cm³/mol. The largest absolute Gasteiger partial charge is 0.483 e. The van der Waals surface area contributed by atoms with Crippen LogP contribution in [0.5, 0.6) is 5.75 Å². The van der Waals surface area contributed by atoms with Gasteiger partial charge in [-0.1, -0.05) is 39.4 Å². The van der Waals surface area contributed by atoms with Crippen molar-refractivity contribution >= 4 is 74.1 Å². The molecular formula is C37H29BrF3N3O7S2. The van der Waals surface area contributed by atoms with Crippen LogP contribution < -0.4 is 19.8 Å². The van der Waals surface area contributed by atoms with Gasteiger partial charge in [0.25, 0.3) is 5.91 Å². The Morgan fingerprint density at radius 2 is 1.72 bits per heavy atom. The quantitative estimate of drug-likeness (QED) is 0.142. The number of anilines is 2. The number of halogens is 4. The zero-order valence-electron chi connectivity index (χ0n) is 27.6. The lowest BCUT2D eigenvalue weighted by atomic mass is 9.68. The molecule has 2 aliphatic carbocycles. The molecule has 0 spiro atoms. The first-order valence-corrected chi connectivity index (χ1v) is 19.3. The van der Waals surface area contributed by atoms with Crippen LogP contribution in [0.3, 0.4) is 0 Å². The van der Waals surface area contributed by atoms with Crippen molar-refractivity contribution in [3.63, 3.8) is 0 Å². The number of nitrogens with zero attached hydrogens (tertiary/aromatic N) is 1. The first-order valence-electron chi connectivity index (χ1n) is 16.8. The maximum atomic E-state index is 14.2. The van der Waals surface area contributed by atoms with E-state index in [9.17, 15) is 37.1 Å². The zero-order valence-corrected chi connectivity index (χ0v) is 30.9. The number of carbonyl (C=O) groups is 4. The van der Waals surface area contributed by atoms with Crippen LogP contribution in [0.25, 0.3) is 0 Å². The normalized spacial score (nSPS) is 25.5. The van der Waals surface area contributed by atoms with E-state index in [0.717, 1.165) is 28.3 Å². The van der Waals surface area contributed by atoms with Crippen LogP contribution in [0, 0.1) is 29.6 Å². The number of carbonyl (C=O) groups excluding carboxylic acids is 4. The minimum atomic E-state index is -4.67. The topological polar surface area (TPSA) is 135 Å². The van der Waals surface area contributed by atoms with Gasteiger partial charge in [-0.15, -0.1) is 11.8 Å². The molecule has 3 heterocycles. The molecule has 53 heavy (non-hydrogen) atoms. The number of thiazole rings is 1. The molecule has 16 heteroatoms. The molecule has 8 rings (SSSR count). The number of rotatable bonds is 8. The number of nitrogens with one attached hydrogen (secondary N) is 2. The number of imide groups is 1. The summed E-state index contributed by atoms with van der Waals surface area (Å²) in [6.07, 6.45) is -4.04. The third kappa shape index (κ3) is 6.08. The van der Waals surface area contributed by atoms with E-state index in [4.69, 9.17) is 9.47 Å². The summed E-state index contributed by atoms with van der Waals surface area (Å²) in [5.41, 5.74) is -0.0656. The number of benzene rings is 3. The van der Waals surface area contributed by atoms with Gasteiger partial charge in [0, 0.05) is 26.1 Å². The van der Waals surface area contributed by atoms with Gasteiger partial charge >= 0.3 is 17.0 Å². The van der Waals surface area contributed by atoms with Crippen LogP contribution in [-0.4, -0.2) is 47.1 Å². The molecule has 10 nitrogen and oxygen atoms in total. The molecule has 1 aromatic heterocycles. The molecule has 3 amide bonds. The minimum absolute atomic E-state index is 0.138. The third-order valence-corrected chi connectivity index (χ3v) is 13.6. The first kappa shape index (κ1) is 35.6. The summed E-state index contributed by atoms with van der Waals surface area (Å²) in [6, 6.07) is 16.1. The van der Waals surface area contributed by atoms with Crippen LogP contribution in [-0.2, 0) is 25.3 Å². The van der Waals surface area contributed by atoms with Crippen LogP contribution in [0.2, 0.25) is 0 Å². The smallest absolute Gasteiger partial charge is 0.418 e. The molecule has 2 bridgehead atoms. The highest BCUT2D eigenvalue weighted by Crippen LogP contribution is 2.69. The Balaban J connectivity index is 1.10. The number of esters is 1. The van der Waals surface area contributed by atoms with Crippen LogP contribution >= 0.6 is 39.0 Å². The fourth-order valence-electron chi connectivity index (χ4n) is 8.64. The van der Waals surface area contributed by atoms with Gasteiger partial charge < -0.3 is 19.8 Å². The van der Waals surface area contributed by atoms with Gasteiger partial charge in [-0.25, -0.2) is 4.79 Å². The minimum Gasteiger partial charge on any atom is -0.483 e. The number of thioether (sulfide) groups is 1. The lowest BCUT2D eigenvalue weighted by Crippen LogP contribution is -2.42. The third-order valence-electron chi connectivity index (χ3n) is 10.5. The SMILES string of the molecule is CCOC(=O)c1ccc(N2C(=O)C3C(C2=O)[C@@H]2C[C@H]3C3Sc4[nH]c(=O)sc4[C@H](c4cc(Br)ccc4OCC(=O)Nc4ccccc4C(F)(F)F)C32)cc1. The van der Waals surface area contributed by atoms with Crippen LogP contribution in [0.4, 0.5) is 24.5 Å². The molecule has 2 saturated carbocycles. The Labute approximate surface area is 316 Å². The second-order valence-electron chi connectivity index (χ2n) is 13.3. The highest BCUT2D eigenvalue weighted by molar-refractivity contribution is 9.10. The summed E-state index contributed by atoms with van der Waals surface area (Å²) >= 11 is 6.12. The van der Waals surface area contributed by atoms with Crippen molar-refractivity contribution in [2.75, 3.05) is 23.4 Å². The number of para-hydroxylation sites is 1. The number of ether oxygens (including phenoxy) is 2. The van der Waals surface area contributed by atoms with Gasteiger partial charge in [0.2, 0.25) is 11.8 Å². The fraction of sp³-hybridized carbons (Fsp3) is 0.324. The molecule has 4 aliphatic rings. The Bertz CT molecular complexity index is 2230. The van der Waals surface area contributed by atoms with E-state index < -0.39 is 53.7 Å². The van der Waals surface area contributed by atoms with Crippen molar-refractivity contribution < 1.29 is 41.8 Å². The maximum absolute atomic E-state index is 14.2. The molecule has 3 aromatic carbocycles. The maximum Gasteiger partial charge on any atom is 0.418 e. The van der Waals surface area contributed by atoms with Crippen molar-refractivity contribution in [3.8, 4) is 5.75 Å². The number of hydrogen-bond acceptors (Lipinski definition) is 9. The van der Waals surface area contributed by atoms with E-state index in [1.165, 1.54) is 40.9 Å². The zero-order chi connectivity index (χ0) is 37.3. The first-order chi connectivity index (χ1) is 25.3. The molecule has 0 radical (unpaired) electrons. The van der Waals surface area contributed by atoms with E-state index in [1.54, 1.807) is 31.2 Å². The summed E-state index contributed by atoms with van der Waals surface area (Å²) in [4.78, 5) is 70.9. The number of aromatic amines is 1. The highest BCUT2D eigenvalue weighted by Gasteiger charge is 2.70. The molecule has 274 valence electrons. The lowest BCUT2D eigenvalue weighted by Gasteiger charge is -2.43. The average Bonchev–Trinajstić information content (AvgIpc) is 3.86. The number of hydrogen-bond donors (Lipinski definition) is 2. The van der Waals surface area contributed by atoms with Gasteiger partial charge in [0.05, 0.1) is 46.0 Å². The van der Waals surface area contributed by atoms with Crippen molar-refractivity contribution in [2.45, 2.75) is 35.7 Å². The number of amides is 3. The average molecular weight is 829 g/mol. The number of alkyl halides is 3. The summed E-state index contributed by atoms with van der Waals surface area (Å²) in [7, 11) is 0. The van der Waals surface area contributed by atoms with Crippen molar-refractivity contribution in [1.82, 2.24) is 4.98 Å². The molecule has 1 saturated heterocycles. The number of H-pyrrole nitrogens is 1. The number of fused-ring (bicyclic) bond motifs is 9. The van der Waals surface area contributed by atoms with Crippen LogP contribution in [0.1, 0.15) is 45.6 Å². The van der Waals surface area contributed by atoms with Gasteiger partial charge in [-0.2, -0.15) is 13.2 Å². The molecule has 2 aliphatic heterocycles. The second-order valence-corrected chi connectivity index (χ2v) is 16.4. The molecule has 7 atom stereocenters. The van der Waals surface area contributed by atoms with Gasteiger partial charge in [0.15, 0.2) is 6.61 Å². The van der Waals surface area contributed by atoms with E-state index in [2.05, 4.69) is 26.2 Å². The Hall–Kier alpha value is -4.41. The molecule has 3 fully saturated rings.